The number of aromatic nitrogens is 1. The van der Waals surface area contributed by atoms with Crippen molar-refractivity contribution in [1.82, 2.24) is 14.8 Å². The average Bonchev–Trinajstić information content (AvgIpc) is 2.68. The van der Waals surface area contributed by atoms with Crippen LogP contribution in [-0.2, 0) is 9.47 Å². The zero-order valence-electron chi connectivity index (χ0n) is 14.5. The molecule has 25 heavy (non-hydrogen) atoms. The molecule has 136 valence electrons. The van der Waals surface area contributed by atoms with E-state index in [1.165, 1.54) is 0 Å². The Kier molecular flexibility index (Phi) is 5.70. The van der Waals surface area contributed by atoms with E-state index in [9.17, 15) is 9.59 Å². The van der Waals surface area contributed by atoms with Crippen LogP contribution in [0.2, 0.25) is 0 Å². The lowest BCUT2D eigenvalue weighted by Gasteiger charge is -2.34. The minimum atomic E-state index is -0.318. The van der Waals surface area contributed by atoms with E-state index in [0.29, 0.717) is 51.7 Å². The van der Waals surface area contributed by atoms with Gasteiger partial charge in [-0.1, -0.05) is 0 Å². The summed E-state index contributed by atoms with van der Waals surface area (Å²) in [6.45, 7) is 7.10. The normalized spacial score (nSPS) is 18.2. The number of anilines is 1. The molecule has 2 amide bonds. The van der Waals surface area contributed by atoms with Crippen molar-refractivity contribution in [3.05, 3.63) is 24.0 Å². The molecule has 0 aliphatic carbocycles. The van der Waals surface area contributed by atoms with E-state index in [4.69, 9.17) is 9.47 Å². The van der Waals surface area contributed by atoms with Gasteiger partial charge in [-0.15, -0.1) is 0 Å². The van der Waals surface area contributed by atoms with Crippen molar-refractivity contribution in [2.24, 2.45) is 0 Å². The van der Waals surface area contributed by atoms with Crippen molar-refractivity contribution in [2.75, 3.05) is 64.0 Å². The Hall–Kier alpha value is -2.35. The molecule has 2 aliphatic rings. The van der Waals surface area contributed by atoms with Crippen molar-refractivity contribution in [3.63, 3.8) is 0 Å². The van der Waals surface area contributed by atoms with Crippen molar-refractivity contribution >= 4 is 17.7 Å². The smallest absolute Gasteiger partial charge is 0.409 e. The highest BCUT2D eigenvalue weighted by Gasteiger charge is 2.26. The Morgan fingerprint density at radius 1 is 1.12 bits per heavy atom. The van der Waals surface area contributed by atoms with Crippen LogP contribution >= 0.6 is 0 Å². The summed E-state index contributed by atoms with van der Waals surface area (Å²) in [6.07, 6.45) is 1.36. The number of piperazine rings is 1. The lowest BCUT2D eigenvalue weighted by atomic mass is 10.2. The van der Waals surface area contributed by atoms with Crippen molar-refractivity contribution in [1.29, 1.82) is 0 Å². The van der Waals surface area contributed by atoms with Gasteiger partial charge in [0.05, 0.1) is 19.8 Å². The summed E-state index contributed by atoms with van der Waals surface area (Å²) >= 11 is 0. The van der Waals surface area contributed by atoms with Crippen molar-refractivity contribution in [3.8, 4) is 0 Å². The lowest BCUT2D eigenvalue weighted by Crippen LogP contribution is -2.50. The molecule has 1 aromatic heterocycles. The zero-order chi connectivity index (χ0) is 17.6. The van der Waals surface area contributed by atoms with Crippen molar-refractivity contribution < 1.29 is 19.1 Å². The predicted molar refractivity (Wildman–Crippen MR) is 91.8 cm³/mol. The maximum Gasteiger partial charge on any atom is 0.409 e. The van der Waals surface area contributed by atoms with Crippen molar-refractivity contribution in [2.45, 2.75) is 6.92 Å². The fourth-order valence-electron chi connectivity index (χ4n) is 3.02. The molecule has 2 aliphatic heterocycles. The molecule has 3 heterocycles. The van der Waals surface area contributed by atoms with Gasteiger partial charge in [0.2, 0.25) is 0 Å². The lowest BCUT2D eigenvalue weighted by molar-refractivity contribution is 0.0566. The highest BCUT2D eigenvalue weighted by Crippen LogP contribution is 2.17. The van der Waals surface area contributed by atoms with Crippen LogP contribution in [0.5, 0.6) is 0 Å². The summed E-state index contributed by atoms with van der Waals surface area (Å²) in [5, 5.41) is 0. The van der Waals surface area contributed by atoms with Gasteiger partial charge < -0.3 is 24.2 Å². The first-order valence-corrected chi connectivity index (χ1v) is 8.68. The number of nitrogens with zero attached hydrogens (tertiary/aromatic N) is 4. The predicted octanol–water partition coefficient (Wildman–Crippen LogP) is 0.833. The van der Waals surface area contributed by atoms with E-state index >= 15 is 0 Å². The Morgan fingerprint density at radius 2 is 1.80 bits per heavy atom. The molecule has 0 bridgehead atoms. The Labute approximate surface area is 147 Å². The van der Waals surface area contributed by atoms with E-state index in [1.807, 2.05) is 12.1 Å². The topological polar surface area (TPSA) is 75.2 Å². The Bertz CT molecular complexity index is 610. The van der Waals surface area contributed by atoms with Crippen LogP contribution < -0.4 is 4.90 Å². The van der Waals surface area contributed by atoms with Crippen LogP contribution in [0.3, 0.4) is 0 Å². The zero-order valence-corrected chi connectivity index (χ0v) is 14.5. The number of carbonyl (C=O) groups excluding carboxylic acids is 2. The number of hydrogen-bond acceptors (Lipinski definition) is 6. The molecule has 0 radical (unpaired) electrons. The molecule has 8 heteroatoms. The minimum Gasteiger partial charge on any atom is -0.450 e. The number of pyridine rings is 1. The summed E-state index contributed by atoms with van der Waals surface area (Å²) in [5.74, 6) is -0.0985. The summed E-state index contributed by atoms with van der Waals surface area (Å²) in [6, 6.07) is 3.76. The fraction of sp³-hybridized carbons (Fsp3) is 0.588. The molecule has 0 saturated carbocycles. The van der Waals surface area contributed by atoms with Crippen LogP contribution in [0.1, 0.15) is 17.4 Å². The maximum atomic E-state index is 12.7. The van der Waals surface area contributed by atoms with E-state index in [2.05, 4.69) is 9.88 Å². The number of carbonyl (C=O) groups is 2. The van der Waals surface area contributed by atoms with Gasteiger partial charge in [0, 0.05) is 51.2 Å². The highest BCUT2D eigenvalue weighted by molar-refractivity contribution is 5.93. The van der Waals surface area contributed by atoms with Crippen LogP contribution in [0.4, 0.5) is 10.5 Å². The number of rotatable bonds is 3. The molecule has 3 rings (SSSR count). The average molecular weight is 348 g/mol. The molecule has 1 aromatic rings. The van der Waals surface area contributed by atoms with Crippen LogP contribution in [0.15, 0.2) is 18.3 Å². The first-order valence-electron chi connectivity index (χ1n) is 8.68. The first kappa shape index (κ1) is 17.5. The van der Waals surface area contributed by atoms with Gasteiger partial charge in [0.25, 0.3) is 5.91 Å². The molecule has 2 saturated heterocycles. The monoisotopic (exact) mass is 348 g/mol. The fourth-order valence-corrected chi connectivity index (χ4v) is 3.02. The number of hydrogen-bond donors (Lipinski definition) is 0. The third-order valence-electron chi connectivity index (χ3n) is 4.43. The van der Waals surface area contributed by atoms with Crippen LogP contribution in [0, 0.1) is 0 Å². The van der Waals surface area contributed by atoms with Gasteiger partial charge in [-0.25, -0.2) is 4.79 Å². The minimum absolute atomic E-state index is 0.0985. The standard InChI is InChI=1S/C17H24N4O4/c1-2-25-17(23)21-7-5-20(6-8-21)16(22)15-13-14(3-4-18-15)19-9-11-24-12-10-19/h3-4,13H,2,5-12H2,1H3. The third kappa shape index (κ3) is 4.19. The van der Waals surface area contributed by atoms with E-state index < -0.39 is 0 Å². The number of morpholine rings is 1. The van der Waals surface area contributed by atoms with E-state index in [0.717, 1.165) is 18.8 Å². The quantitative estimate of drug-likeness (QED) is 0.806. The molecule has 2 fully saturated rings. The summed E-state index contributed by atoms with van der Waals surface area (Å²) in [7, 11) is 0. The second kappa shape index (κ2) is 8.15. The number of amides is 2. The van der Waals surface area contributed by atoms with Crippen LogP contribution in [0.25, 0.3) is 0 Å². The highest BCUT2D eigenvalue weighted by atomic mass is 16.6. The third-order valence-corrected chi connectivity index (χ3v) is 4.43. The maximum absolute atomic E-state index is 12.7. The van der Waals surface area contributed by atoms with Gasteiger partial charge in [-0.3, -0.25) is 9.78 Å². The Morgan fingerprint density at radius 3 is 2.48 bits per heavy atom. The van der Waals surface area contributed by atoms with E-state index in [-0.39, 0.29) is 12.0 Å². The molecular weight excluding hydrogens is 324 g/mol. The molecule has 0 N–H and O–H groups in total. The Balaban J connectivity index is 1.61. The second-order valence-corrected chi connectivity index (χ2v) is 5.98. The van der Waals surface area contributed by atoms with Gasteiger partial charge in [-0.2, -0.15) is 0 Å². The van der Waals surface area contributed by atoms with Gasteiger partial charge in [0.1, 0.15) is 5.69 Å². The van der Waals surface area contributed by atoms with Gasteiger partial charge in [0.15, 0.2) is 0 Å². The first-order chi connectivity index (χ1) is 12.2. The second-order valence-electron chi connectivity index (χ2n) is 5.98. The largest absolute Gasteiger partial charge is 0.450 e. The van der Waals surface area contributed by atoms with Gasteiger partial charge >= 0.3 is 6.09 Å². The molecule has 0 aromatic carbocycles. The molecular formula is C17H24N4O4. The van der Waals surface area contributed by atoms with E-state index in [1.54, 1.807) is 22.9 Å². The molecule has 0 atom stereocenters. The molecule has 8 nitrogen and oxygen atoms in total. The number of ether oxygens (including phenoxy) is 2. The summed E-state index contributed by atoms with van der Waals surface area (Å²) in [4.78, 5) is 34.3. The molecule has 0 spiro atoms. The molecule has 0 unspecified atom stereocenters. The van der Waals surface area contributed by atoms with Gasteiger partial charge in [-0.05, 0) is 19.1 Å². The summed E-state index contributed by atoms with van der Waals surface area (Å²) < 4.78 is 10.4. The summed E-state index contributed by atoms with van der Waals surface area (Å²) in [5.41, 5.74) is 1.43. The van der Waals surface area contributed by atoms with Crippen LogP contribution in [-0.4, -0.2) is 85.9 Å². The SMILES string of the molecule is CCOC(=O)N1CCN(C(=O)c2cc(N3CCOCC3)ccn2)CC1.